The van der Waals surface area contributed by atoms with Crippen LogP contribution in [0.4, 0.5) is 5.69 Å². The van der Waals surface area contributed by atoms with Gasteiger partial charge in [0.15, 0.2) is 0 Å². The highest BCUT2D eigenvalue weighted by Gasteiger charge is 2.14. The molecule has 2 amide bonds. The fourth-order valence-corrected chi connectivity index (χ4v) is 2.20. The molecular weight excluding hydrogens is 316 g/mol. The fraction of sp³-hybridized carbons (Fsp3) is 0.188. The molecule has 0 fully saturated rings. The minimum Gasteiger partial charge on any atom is -0.369 e. The summed E-state index contributed by atoms with van der Waals surface area (Å²) in [5.41, 5.74) is 6.78. The predicted octanol–water partition coefficient (Wildman–Crippen LogP) is 1.66. The van der Waals surface area contributed by atoms with Crippen LogP contribution >= 0.6 is 11.6 Å². The highest BCUT2D eigenvalue weighted by Crippen LogP contribution is 2.13. The SMILES string of the molecule is NC(=O)CN(CC(=O)Nc1ccc(Cl)cc1)Cc1cccnc1. The summed E-state index contributed by atoms with van der Waals surface area (Å²) < 4.78 is 0. The van der Waals surface area contributed by atoms with E-state index in [1.807, 2.05) is 6.07 Å². The van der Waals surface area contributed by atoms with E-state index in [1.54, 1.807) is 47.6 Å². The zero-order valence-electron chi connectivity index (χ0n) is 12.4. The number of pyridine rings is 1. The Morgan fingerprint density at radius 2 is 1.91 bits per heavy atom. The lowest BCUT2D eigenvalue weighted by molar-refractivity contribution is -0.121. The van der Waals surface area contributed by atoms with Crippen LogP contribution in [0.3, 0.4) is 0 Å². The van der Waals surface area contributed by atoms with Gasteiger partial charge in [0.25, 0.3) is 0 Å². The third kappa shape index (κ3) is 6.06. The molecule has 0 saturated heterocycles. The molecule has 0 aliphatic heterocycles. The monoisotopic (exact) mass is 332 g/mol. The van der Waals surface area contributed by atoms with Crippen LogP contribution in [0, 0.1) is 0 Å². The van der Waals surface area contributed by atoms with Crippen molar-refractivity contribution in [2.24, 2.45) is 5.73 Å². The van der Waals surface area contributed by atoms with E-state index in [9.17, 15) is 9.59 Å². The number of aromatic nitrogens is 1. The third-order valence-electron chi connectivity index (χ3n) is 3.00. The molecule has 0 spiro atoms. The summed E-state index contributed by atoms with van der Waals surface area (Å²) >= 11 is 5.80. The van der Waals surface area contributed by atoms with E-state index in [4.69, 9.17) is 17.3 Å². The van der Waals surface area contributed by atoms with Crippen LogP contribution in [-0.2, 0) is 16.1 Å². The topological polar surface area (TPSA) is 88.3 Å². The normalized spacial score (nSPS) is 10.5. The van der Waals surface area contributed by atoms with E-state index in [2.05, 4.69) is 10.3 Å². The molecule has 3 N–H and O–H groups in total. The van der Waals surface area contributed by atoms with E-state index in [0.717, 1.165) is 5.56 Å². The fourth-order valence-electron chi connectivity index (χ4n) is 2.07. The van der Waals surface area contributed by atoms with E-state index in [0.29, 0.717) is 17.3 Å². The summed E-state index contributed by atoms with van der Waals surface area (Å²) in [5, 5.41) is 3.34. The number of benzene rings is 1. The molecule has 2 rings (SSSR count). The largest absolute Gasteiger partial charge is 0.369 e. The van der Waals surface area contributed by atoms with Crippen LogP contribution in [0.5, 0.6) is 0 Å². The van der Waals surface area contributed by atoms with Crippen molar-refractivity contribution < 1.29 is 9.59 Å². The summed E-state index contributed by atoms with van der Waals surface area (Å²) in [6, 6.07) is 10.5. The molecule has 0 saturated carbocycles. The smallest absolute Gasteiger partial charge is 0.238 e. The van der Waals surface area contributed by atoms with Gasteiger partial charge < -0.3 is 11.1 Å². The van der Waals surface area contributed by atoms with Crippen molar-refractivity contribution >= 4 is 29.1 Å². The Labute approximate surface area is 139 Å². The van der Waals surface area contributed by atoms with Crippen LogP contribution in [0.15, 0.2) is 48.8 Å². The van der Waals surface area contributed by atoms with Gasteiger partial charge in [-0.25, -0.2) is 0 Å². The van der Waals surface area contributed by atoms with Gasteiger partial charge in [-0.05, 0) is 35.9 Å². The van der Waals surface area contributed by atoms with Crippen LogP contribution in [0.1, 0.15) is 5.56 Å². The quantitative estimate of drug-likeness (QED) is 0.807. The van der Waals surface area contributed by atoms with Gasteiger partial charge in [0.2, 0.25) is 11.8 Å². The highest BCUT2D eigenvalue weighted by molar-refractivity contribution is 6.30. The first-order valence-electron chi connectivity index (χ1n) is 6.98. The molecular formula is C16H17ClN4O2. The van der Waals surface area contributed by atoms with Crippen molar-refractivity contribution in [1.82, 2.24) is 9.88 Å². The second kappa shape index (κ2) is 8.26. The number of hydrogen-bond acceptors (Lipinski definition) is 4. The lowest BCUT2D eigenvalue weighted by atomic mass is 10.2. The van der Waals surface area contributed by atoms with Crippen molar-refractivity contribution in [3.05, 3.63) is 59.4 Å². The van der Waals surface area contributed by atoms with E-state index in [-0.39, 0.29) is 19.0 Å². The zero-order chi connectivity index (χ0) is 16.7. The Morgan fingerprint density at radius 3 is 2.52 bits per heavy atom. The number of nitrogens with one attached hydrogen (secondary N) is 1. The van der Waals surface area contributed by atoms with Crippen LogP contribution in [0.2, 0.25) is 5.02 Å². The summed E-state index contributed by atoms with van der Waals surface area (Å²) in [4.78, 5) is 29.0. The molecule has 0 atom stereocenters. The van der Waals surface area contributed by atoms with E-state index < -0.39 is 5.91 Å². The van der Waals surface area contributed by atoms with Crippen molar-refractivity contribution in [2.75, 3.05) is 18.4 Å². The van der Waals surface area contributed by atoms with Gasteiger partial charge in [0, 0.05) is 29.6 Å². The van der Waals surface area contributed by atoms with Gasteiger partial charge in [-0.3, -0.25) is 19.5 Å². The number of hydrogen-bond donors (Lipinski definition) is 2. The second-order valence-corrected chi connectivity index (χ2v) is 5.46. The number of rotatable bonds is 7. The molecule has 0 radical (unpaired) electrons. The Balaban J connectivity index is 1.97. The van der Waals surface area contributed by atoms with Gasteiger partial charge in [-0.2, -0.15) is 0 Å². The molecule has 7 heteroatoms. The molecule has 2 aromatic rings. The summed E-state index contributed by atoms with van der Waals surface area (Å²) in [7, 11) is 0. The van der Waals surface area contributed by atoms with Crippen LogP contribution < -0.4 is 11.1 Å². The lowest BCUT2D eigenvalue weighted by Gasteiger charge is -2.20. The maximum absolute atomic E-state index is 12.1. The van der Waals surface area contributed by atoms with Gasteiger partial charge in [0.05, 0.1) is 13.1 Å². The molecule has 23 heavy (non-hydrogen) atoms. The minimum absolute atomic E-state index is 0.0110. The summed E-state index contributed by atoms with van der Waals surface area (Å²) in [6.45, 7) is 0.439. The van der Waals surface area contributed by atoms with Crippen LogP contribution in [-0.4, -0.2) is 34.8 Å². The summed E-state index contributed by atoms with van der Waals surface area (Å²) in [6.07, 6.45) is 3.35. The molecule has 0 unspecified atom stereocenters. The molecule has 0 aliphatic rings. The van der Waals surface area contributed by atoms with Crippen molar-refractivity contribution in [3.63, 3.8) is 0 Å². The Hall–Kier alpha value is -2.44. The maximum atomic E-state index is 12.1. The maximum Gasteiger partial charge on any atom is 0.238 e. The third-order valence-corrected chi connectivity index (χ3v) is 3.26. The van der Waals surface area contributed by atoms with E-state index in [1.165, 1.54) is 0 Å². The first-order valence-corrected chi connectivity index (χ1v) is 7.35. The second-order valence-electron chi connectivity index (χ2n) is 5.03. The number of halogens is 1. The number of carbonyl (C=O) groups is 2. The molecule has 1 heterocycles. The predicted molar refractivity (Wildman–Crippen MR) is 88.8 cm³/mol. The number of nitrogens with zero attached hydrogens (tertiary/aromatic N) is 2. The molecule has 0 bridgehead atoms. The molecule has 1 aromatic carbocycles. The minimum atomic E-state index is -0.492. The molecule has 1 aromatic heterocycles. The number of primary amides is 1. The standard InChI is InChI=1S/C16H17ClN4O2/c17-13-3-5-14(6-4-13)20-16(23)11-21(10-15(18)22)9-12-2-1-7-19-8-12/h1-8H,9-11H2,(H2,18,22)(H,20,23). The first kappa shape index (κ1) is 16.9. The molecule has 120 valence electrons. The van der Waals surface area contributed by atoms with Crippen molar-refractivity contribution in [1.29, 1.82) is 0 Å². The zero-order valence-corrected chi connectivity index (χ0v) is 13.2. The van der Waals surface area contributed by atoms with E-state index >= 15 is 0 Å². The Morgan fingerprint density at radius 1 is 1.17 bits per heavy atom. The van der Waals surface area contributed by atoms with Gasteiger partial charge in [-0.15, -0.1) is 0 Å². The van der Waals surface area contributed by atoms with Crippen LogP contribution in [0.25, 0.3) is 0 Å². The average Bonchev–Trinajstić information content (AvgIpc) is 2.50. The Bertz CT molecular complexity index is 662. The van der Waals surface area contributed by atoms with Crippen molar-refractivity contribution in [2.45, 2.75) is 6.54 Å². The average molecular weight is 333 g/mol. The van der Waals surface area contributed by atoms with Gasteiger partial charge >= 0.3 is 0 Å². The number of anilines is 1. The Kier molecular flexibility index (Phi) is 6.08. The molecule has 6 nitrogen and oxygen atoms in total. The summed E-state index contributed by atoms with van der Waals surface area (Å²) in [5.74, 6) is -0.731. The lowest BCUT2D eigenvalue weighted by Crippen LogP contribution is -2.38. The number of amides is 2. The van der Waals surface area contributed by atoms with Gasteiger partial charge in [-0.1, -0.05) is 17.7 Å². The van der Waals surface area contributed by atoms with Gasteiger partial charge in [0.1, 0.15) is 0 Å². The first-order chi connectivity index (χ1) is 11.0. The highest BCUT2D eigenvalue weighted by atomic mass is 35.5. The van der Waals surface area contributed by atoms with Crippen molar-refractivity contribution in [3.8, 4) is 0 Å². The number of carbonyl (C=O) groups excluding carboxylic acids is 2. The molecule has 0 aliphatic carbocycles. The number of nitrogens with two attached hydrogens (primary N) is 1.